The van der Waals surface area contributed by atoms with E-state index < -0.39 is 18.6 Å². The second kappa shape index (κ2) is 10.8. The second-order valence-corrected chi connectivity index (χ2v) is 9.07. The van der Waals surface area contributed by atoms with Gasteiger partial charge in [0.1, 0.15) is 11.4 Å². The summed E-state index contributed by atoms with van der Waals surface area (Å²) in [7, 11) is -1.38. The first-order valence-electron chi connectivity index (χ1n) is 10.8. The summed E-state index contributed by atoms with van der Waals surface area (Å²) in [5, 5.41) is 31.4. The predicted molar refractivity (Wildman–Crippen MR) is 124 cm³/mol. The Bertz CT molecular complexity index is 925. The Balaban J connectivity index is 1.50. The van der Waals surface area contributed by atoms with Gasteiger partial charge in [-0.05, 0) is 60.8 Å². The zero-order chi connectivity index (χ0) is 23.3. The van der Waals surface area contributed by atoms with E-state index in [1.807, 2.05) is 18.2 Å². The maximum atomic E-state index is 14.6. The normalized spacial score (nSPS) is 19.8. The molecule has 1 atom stereocenters. The number of unbranched alkanes of at least 4 members (excludes halogenated alkanes) is 1. The SMILES string of the molecule is NC(CCCCB(O)O)(C(=O)O)[C@H]1C[C@@H](NCc2ccc(-c3ccc(Cl)cc3)cc2F)C1. The molecule has 0 heterocycles. The summed E-state index contributed by atoms with van der Waals surface area (Å²) in [5.74, 6) is -1.51. The van der Waals surface area contributed by atoms with Crippen LogP contribution in [-0.4, -0.2) is 39.8 Å². The number of carboxylic acids is 1. The number of nitrogens with one attached hydrogen (secondary N) is 1. The molecule has 1 fully saturated rings. The molecule has 32 heavy (non-hydrogen) atoms. The molecule has 9 heteroatoms. The highest BCUT2D eigenvalue weighted by Crippen LogP contribution is 2.38. The van der Waals surface area contributed by atoms with Crippen molar-refractivity contribution < 1.29 is 24.3 Å². The number of rotatable bonds is 11. The van der Waals surface area contributed by atoms with Crippen LogP contribution in [0.4, 0.5) is 4.39 Å². The Morgan fingerprint density at radius 3 is 2.41 bits per heavy atom. The highest BCUT2D eigenvalue weighted by atomic mass is 35.5. The molecule has 6 nitrogen and oxygen atoms in total. The number of hydrogen-bond acceptors (Lipinski definition) is 5. The summed E-state index contributed by atoms with van der Waals surface area (Å²) in [6.07, 6.45) is 2.72. The molecule has 2 aromatic carbocycles. The molecule has 0 aromatic heterocycles. The van der Waals surface area contributed by atoms with Gasteiger partial charge in [0.2, 0.25) is 0 Å². The van der Waals surface area contributed by atoms with Gasteiger partial charge in [0.05, 0.1) is 0 Å². The number of hydrogen-bond donors (Lipinski definition) is 5. The van der Waals surface area contributed by atoms with E-state index in [2.05, 4.69) is 5.32 Å². The zero-order valence-electron chi connectivity index (χ0n) is 17.8. The molecular weight excluding hydrogens is 434 g/mol. The van der Waals surface area contributed by atoms with Gasteiger partial charge in [-0.3, -0.25) is 4.79 Å². The Hall–Kier alpha value is -1.97. The van der Waals surface area contributed by atoms with E-state index in [9.17, 15) is 14.3 Å². The topological polar surface area (TPSA) is 116 Å². The fourth-order valence-electron chi connectivity index (χ4n) is 4.20. The molecule has 3 rings (SSSR count). The number of aliphatic carboxylic acids is 1. The van der Waals surface area contributed by atoms with Crippen LogP contribution in [0.25, 0.3) is 11.1 Å². The average Bonchev–Trinajstić information content (AvgIpc) is 2.71. The van der Waals surface area contributed by atoms with Gasteiger partial charge in [-0.15, -0.1) is 0 Å². The molecule has 0 saturated heterocycles. The van der Waals surface area contributed by atoms with Crippen molar-refractivity contribution in [1.82, 2.24) is 5.32 Å². The summed E-state index contributed by atoms with van der Waals surface area (Å²) in [4.78, 5) is 11.8. The minimum atomic E-state index is -1.38. The van der Waals surface area contributed by atoms with E-state index in [0.717, 1.165) is 11.1 Å². The van der Waals surface area contributed by atoms with E-state index >= 15 is 0 Å². The summed E-state index contributed by atoms with van der Waals surface area (Å²) >= 11 is 5.90. The van der Waals surface area contributed by atoms with Gasteiger partial charge in [0.15, 0.2) is 0 Å². The Morgan fingerprint density at radius 2 is 1.81 bits per heavy atom. The van der Waals surface area contributed by atoms with Crippen molar-refractivity contribution >= 4 is 24.7 Å². The number of carbonyl (C=O) groups is 1. The quantitative estimate of drug-likeness (QED) is 0.258. The lowest BCUT2D eigenvalue weighted by atomic mass is 9.66. The Morgan fingerprint density at radius 1 is 1.16 bits per heavy atom. The first-order chi connectivity index (χ1) is 15.2. The van der Waals surface area contributed by atoms with Crippen molar-refractivity contribution in [3.8, 4) is 11.1 Å². The molecule has 2 aromatic rings. The molecule has 6 N–H and O–H groups in total. The minimum Gasteiger partial charge on any atom is -0.480 e. The van der Waals surface area contributed by atoms with E-state index in [4.69, 9.17) is 27.4 Å². The zero-order valence-corrected chi connectivity index (χ0v) is 18.6. The third kappa shape index (κ3) is 6.08. The maximum Gasteiger partial charge on any atom is 0.451 e. The molecular formula is C23H29BClFN2O4. The minimum absolute atomic E-state index is 0.0804. The molecule has 1 aliphatic rings. The van der Waals surface area contributed by atoms with Crippen molar-refractivity contribution in [2.75, 3.05) is 0 Å². The third-order valence-electron chi connectivity index (χ3n) is 6.38. The van der Waals surface area contributed by atoms with Crippen molar-refractivity contribution in [2.24, 2.45) is 11.7 Å². The number of nitrogens with two attached hydrogens (primary N) is 1. The smallest absolute Gasteiger partial charge is 0.451 e. The summed E-state index contributed by atoms with van der Waals surface area (Å²) < 4.78 is 14.6. The van der Waals surface area contributed by atoms with Crippen LogP contribution in [0.15, 0.2) is 42.5 Å². The van der Waals surface area contributed by atoms with E-state index in [0.29, 0.717) is 42.8 Å². The first kappa shape index (κ1) is 24.7. The molecule has 1 aliphatic carbocycles. The Labute approximate surface area is 192 Å². The lowest BCUT2D eigenvalue weighted by Crippen LogP contribution is -2.61. The molecule has 1 unspecified atom stereocenters. The van der Waals surface area contributed by atoms with Gasteiger partial charge in [-0.25, -0.2) is 4.39 Å². The molecule has 0 amide bonds. The summed E-state index contributed by atoms with van der Waals surface area (Å²) in [5.41, 5.74) is 7.09. The van der Waals surface area contributed by atoms with Crippen molar-refractivity contribution in [3.05, 3.63) is 58.9 Å². The number of halogens is 2. The van der Waals surface area contributed by atoms with Crippen molar-refractivity contribution in [3.63, 3.8) is 0 Å². The summed E-state index contributed by atoms with van der Waals surface area (Å²) in [6.45, 7) is 0.350. The van der Waals surface area contributed by atoms with Crippen molar-refractivity contribution in [2.45, 2.75) is 56.5 Å². The first-order valence-corrected chi connectivity index (χ1v) is 11.2. The fraction of sp³-hybridized carbons (Fsp3) is 0.435. The maximum absolute atomic E-state index is 14.6. The van der Waals surface area contributed by atoms with Crippen LogP contribution in [0.5, 0.6) is 0 Å². The lowest BCUT2D eigenvalue weighted by Gasteiger charge is -2.45. The molecule has 0 spiro atoms. The molecule has 0 bridgehead atoms. The summed E-state index contributed by atoms with van der Waals surface area (Å²) in [6, 6.07) is 12.4. The van der Waals surface area contributed by atoms with Gasteiger partial charge in [0, 0.05) is 23.2 Å². The highest BCUT2D eigenvalue weighted by Gasteiger charge is 2.48. The van der Waals surface area contributed by atoms with Gasteiger partial charge < -0.3 is 26.2 Å². The van der Waals surface area contributed by atoms with Crippen LogP contribution in [0.1, 0.15) is 37.7 Å². The number of carboxylic acid groups (broad SMARTS) is 1. The highest BCUT2D eigenvalue weighted by molar-refractivity contribution is 6.40. The largest absolute Gasteiger partial charge is 0.480 e. The molecule has 0 radical (unpaired) electrons. The monoisotopic (exact) mass is 462 g/mol. The molecule has 0 aliphatic heterocycles. The average molecular weight is 463 g/mol. The van der Waals surface area contributed by atoms with Crippen LogP contribution in [-0.2, 0) is 11.3 Å². The molecule has 172 valence electrons. The molecule has 1 saturated carbocycles. The van der Waals surface area contributed by atoms with Crippen LogP contribution in [0.2, 0.25) is 11.3 Å². The van der Waals surface area contributed by atoms with Gasteiger partial charge in [-0.2, -0.15) is 0 Å². The van der Waals surface area contributed by atoms with Crippen LogP contribution >= 0.6 is 11.6 Å². The van der Waals surface area contributed by atoms with Crippen LogP contribution in [0, 0.1) is 11.7 Å². The van der Waals surface area contributed by atoms with Gasteiger partial charge in [-0.1, -0.05) is 48.7 Å². The Kier molecular flexibility index (Phi) is 8.30. The standard InChI is InChI=1S/C23H29BClFN2O4/c25-19-7-5-15(6-8-19)16-3-4-17(21(26)11-16)14-28-20-12-18(13-20)23(27,22(29)30)9-1-2-10-24(31)32/h3-8,11,18,20,28,31-32H,1-2,9-10,12-14,27H2,(H,29,30)/t18-,20+,23?. The van der Waals surface area contributed by atoms with E-state index in [-0.39, 0.29) is 30.5 Å². The lowest BCUT2D eigenvalue weighted by molar-refractivity contribution is -0.148. The van der Waals surface area contributed by atoms with E-state index in [1.165, 1.54) is 6.07 Å². The van der Waals surface area contributed by atoms with Crippen LogP contribution < -0.4 is 11.1 Å². The van der Waals surface area contributed by atoms with Gasteiger partial charge >= 0.3 is 13.1 Å². The second-order valence-electron chi connectivity index (χ2n) is 8.63. The number of benzene rings is 2. The van der Waals surface area contributed by atoms with E-state index in [1.54, 1.807) is 18.2 Å². The van der Waals surface area contributed by atoms with Gasteiger partial charge in [0.25, 0.3) is 0 Å². The fourth-order valence-corrected chi connectivity index (χ4v) is 4.33. The van der Waals surface area contributed by atoms with Crippen molar-refractivity contribution in [1.29, 1.82) is 0 Å². The third-order valence-corrected chi connectivity index (χ3v) is 6.63. The predicted octanol–water partition coefficient (Wildman–Crippen LogP) is 3.44. The van der Waals surface area contributed by atoms with Crippen LogP contribution in [0.3, 0.4) is 0 Å².